The van der Waals surface area contributed by atoms with Crippen LogP contribution in [0.15, 0.2) is 59.4 Å². The zero-order chi connectivity index (χ0) is 13.8. The maximum absolute atomic E-state index is 5.88. The standard InChI is InChI=1S/C17H15NOS/c1-13-9-15(16-11-20-12-18-16)7-8-17(13)19-10-14-5-3-2-4-6-14/h2-9,11-12H,10H2,1H3. The highest BCUT2D eigenvalue weighted by Crippen LogP contribution is 2.26. The minimum absolute atomic E-state index is 0.595. The molecule has 0 fully saturated rings. The highest BCUT2D eigenvalue weighted by molar-refractivity contribution is 7.07. The van der Waals surface area contributed by atoms with Gasteiger partial charge in [-0.25, -0.2) is 4.98 Å². The molecular weight excluding hydrogens is 266 g/mol. The molecule has 0 amide bonds. The summed E-state index contributed by atoms with van der Waals surface area (Å²) in [5.74, 6) is 0.924. The van der Waals surface area contributed by atoms with E-state index in [2.05, 4.69) is 41.6 Å². The van der Waals surface area contributed by atoms with E-state index < -0.39 is 0 Å². The summed E-state index contributed by atoms with van der Waals surface area (Å²) in [7, 11) is 0. The number of hydrogen-bond donors (Lipinski definition) is 0. The van der Waals surface area contributed by atoms with Crippen LogP contribution >= 0.6 is 11.3 Å². The van der Waals surface area contributed by atoms with E-state index in [0.29, 0.717) is 6.61 Å². The molecular formula is C17H15NOS. The highest BCUT2D eigenvalue weighted by Gasteiger charge is 2.05. The summed E-state index contributed by atoms with van der Waals surface area (Å²) >= 11 is 1.61. The fourth-order valence-corrected chi connectivity index (χ4v) is 2.62. The summed E-state index contributed by atoms with van der Waals surface area (Å²) in [6, 6.07) is 16.4. The van der Waals surface area contributed by atoms with Crippen molar-refractivity contribution < 1.29 is 4.74 Å². The van der Waals surface area contributed by atoms with Gasteiger partial charge in [0.25, 0.3) is 0 Å². The molecule has 0 aliphatic heterocycles. The molecule has 100 valence electrons. The smallest absolute Gasteiger partial charge is 0.122 e. The maximum Gasteiger partial charge on any atom is 0.122 e. The Balaban J connectivity index is 1.75. The lowest BCUT2D eigenvalue weighted by atomic mass is 10.1. The normalized spacial score (nSPS) is 10.4. The number of aromatic nitrogens is 1. The van der Waals surface area contributed by atoms with Gasteiger partial charge in [-0.2, -0.15) is 0 Å². The molecule has 3 rings (SSSR count). The second-order valence-corrected chi connectivity index (χ2v) is 5.35. The van der Waals surface area contributed by atoms with Gasteiger partial charge >= 0.3 is 0 Å². The minimum atomic E-state index is 0.595. The molecule has 0 atom stereocenters. The summed E-state index contributed by atoms with van der Waals surface area (Å²) < 4.78 is 5.88. The van der Waals surface area contributed by atoms with Crippen molar-refractivity contribution in [2.45, 2.75) is 13.5 Å². The first-order valence-corrected chi connectivity index (χ1v) is 7.43. The van der Waals surface area contributed by atoms with E-state index in [1.807, 2.05) is 29.8 Å². The third-order valence-electron chi connectivity index (χ3n) is 3.14. The lowest BCUT2D eigenvalue weighted by Crippen LogP contribution is -1.96. The number of aryl methyl sites for hydroxylation is 1. The average molecular weight is 281 g/mol. The topological polar surface area (TPSA) is 22.1 Å². The third kappa shape index (κ3) is 2.89. The molecule has 0 saturated carbocycles. The van der Waals surface area contributed by atoms with Crippen LogP contribution in [0.3, 0.4) is 0 Å². The van der Waals surface area contributed by atoms with Crippen LogP contribution in [0, 0.1) is 6.92 Å². The summed E-state index contributed by atoms with van der Waals surface area (Å²) in [4.78, 5) is 4.33. The number of rotatable bonds is 4. The molecule has 2 aromatic carbocycles. The maximum atomic E-state index is 5.88. The largest absolute Gasteiger partial charge is 0.489 e. The summed E-state index contributed by atoms with van der Waals surface area (Å²) in [6.45, 7) is 2.66. The molecule has 0 aliphatic rings. The van der Waals surface area contributed by atoms with Crippen LogP contribution in [0.25, 0.3) is 11.3 Å². The third-order valence-corrected chi connectivity index (χ3v) is 3.73. The van der Waals surface area contributed by atoms with Crippen molar-refractivity contribution >= 4 is 11.3 Å². The molecule has 1 aromatic heterocycles. The van der Waals surface area contributed by atoms with Gasteiger partial charge in [0.05, 0.1) is 11.2 Å². The Bertz CT molecular complexity index is 677. The molecule has 3 aromatic rings. The molecule has 0 bridgehead atoms. The lowest BCUT2D eigenvalue weighted by Gasteiger charge is -2.10. The first-order chi connectivity index (χ1) is 9.83. The van der Waals surface area contributed by atoms with Crippen LogP contribution in [-0.2, 0) is 6.61 Å². The minimum Gasteiger partial charge on any atom is -0.489 e. The fraction of sp³-hybridized carbons (Fsp3) is 0.118. The molecule has 0 spiro atoms. The fourth-order valence-electron chi connectivity index (χ4n) is 2.06. The van der Waals surface area contributed by atoms with E-state index in [0.717, 1.165) is 22.6 Å². The Hall–Kier alpha value is -2.13. The van der Waals surface area contributed by atoms with E-state index in [1.165, 1.54) is 5.56 Å². The van der Waals surface area contributed by atoms with Gasteiger partial charge in [0.1, 0.15) is 12.4 Å². The van der Waals surface area contributed by atoms with E-state index in [9.17, 15) is 0 Å². The highest BCUT2D eigenvalue weighted by atomic mass is 32.1. The zero-order valence-electron chi connectivity index (χ0n) is 11.2. The predicted molar refractivity (Wildman–Crippen MR) is 83.1 cm³/mol. The number of benzene rings is 2. The molecule has 0 aliphatic carbocycles. The summed E-state index contributed by atoms with van der Waals surface area (Å²) in [6.07, 6.45) is 0. The van der Waals surface area contributed by atoms with Gasteiger partial charge in [0, 0.05) is 10.9 Å². The van der Waals surface area contributed by atoms with Crippen LogP contribution in [0.1, 0.15) is 11.1 Å². The molecule has 0 radical (unpaired) electrons. The van der Waals surface area contributed by atoms with Gasteiger partial charge in [-0.15, -0.1) is 11.3 Å². The zero-order valence-corrected chi connectivity index (χ0v) is 12.1. The molecule has 0 unspecified atom stereocenters. The number of hydrogen-bond acceptors (Lipinski definition) is 3. The molecule has 20 heavy (non-hydrogen) atoms. The first kappa shape index (κ1) is 12.9. The van der Waals surface area contributed by atoms with Crippen LogP contribution in [0.4, 0.5) is 0 Å². The van der Waals surface area contributed by atoms with Gasteiger partial charge in [0.2, 0.25) is 0 Å². The molecule has 0 saturated heterocycles. The van der Waals surface area contributed by atoms with Crippen LogP contribution in [0.5, 0.6) is 5.75 Å². The van der Waals surface area contributed by atoms with Crippen molar-refractivity contribution in [3.8, 4) is 17.0 Å². The first-order valence-electron chi connectivity index (χ1n) is 6.49. The second-order valence-electron chi connectivity index (χ2n) is 4.63. The van der Waals surface area contributed by atoms with Gasteiger partial charge < -0.3 is 4.74 Å². The SMILES string of the molecule is Cc1cc(-c2cscn2)ccc1OCc1ccccc1. The average Bonchev–Trinajstić information content (AvgIpc) is 3.01. The Morgan fingerprint density at radius 3 is 2.65 bits per heavy atom. The Morgan fingerprint density at radius 2 is 1.95 bits per heavy atom. The number of ether oxygens (including phenoxy) is 1. The summed E-state index contributed by atoms with van der Waals surface area (Å²) in [5, 5.41) is 2.05. The predicted octanol–water partition coefficient (Wildman–Crippen LogP) is 4.70. The van der Waals surface area contributed by atoms with Crippen LogP contribution < -0.4 is 4.74 Å². The lowest BCUT2D eigenvalue weighted by molar-refractivity contribution is 0.304. The quantitative estimate of drug-likeness (QED) is 0.691. The Labute approximate surface area is 122 Å². The van der Waals surface area contributed by atoms with Crippen molar-refractivity contribution in [1.29, 1.82) is 0 Å². The second kappa shape index (κ2) is 5.88. The van der Waals surface area contributed by atoms with Gasteiger partial charge in [-0.05, 0) is 36.2 Å². The van der Waals surface area contributed by atoms with E-state index >= 15 is 0 Å². The van der Waals surface area contributed by atoms with Crippen molar-refractivity contribution in [2.24, 2.45) is 0 Å². The van der Waals surface area contributed by atoms with Crippen LogP contribution in [0.2, 0.25) is 0 Å². The van der Waals surface area contributed by atoms with E-state index in [1.54, 1.807) is 11.3 Å². The summed E-state index contributed by atoms with van der Waals surface area (Å²) in [5.41, 5.74) is 6.32. The van der Waals surface area contributed by atoms with E-state index in [-0.39, 0.29) is 0 Å². The van der Waals surface area contributed by atoms with Crippen molar-refractivity contribution in [1.82, 2.24) is 4.98 Å². The molecule has 1 heterocycles. The van der Waals surface area contributed by atoms with Gasteiger partial charge in [0.15, 0.2) is 0 Å². The van der Waals surface area contributed by atoms with E-state index in [4.69, 9.17) is 4.74 Å². The monoisotopic (exact) mass is 281 g/mol. The molecule has 2 nitrogen and oxygen atoms in total. The van der Waals surface area contributed by atoms with Gasteiger partial charge in [-0.1, -0.05) is 30.3 Å². The van der Waals surface area contributed by atoms with Crippen molar-refractivity contribution in [3.05, 3.63) is 70.5 Å². The van der Waals surface area contributed by atoms with Crippen molar-refractivity contribution in [2.75, 3.05) is 0 Å². The van der Waals surface area contributed by atoms with Gasteiger partial charge in [-0.3, -0.25) is 0 Å². The molecule has 0 N–H and O–H groups in total. The van der Waals surface area contributed by atoms with Crippen LogP contribution in [-0.4, -0.2) is 4.98 Å². The Kier molecular flexibility index (Phi) is 3.79. The Morgan fingerprint density at radius 1 is 1.10 bits per heavy atom. The molecule has 3 heteroatoms. The van der Waals surface area contributed by atoms with Crippen molar-refractivity contribution in [3.63, 3.8) is 0 Å². The number of nitrogens with zero attached hydrogens (tertiary/aromatic N) is 1. The number of thiazole rings is 1.